The summed E-state index contributed by atoms with van der Waals surface area (Å²) in [5.74, 6) is 0.732. The molecule has 21 heavy (non-hydrogen) atoms. The van der Waals surface area contributed by atoms with Crippen molar-refractivity contribution in [1.82, 2.24) is 14.9 Å². The van der Waals surface area contributed by atoms with E-state index in [1.165, 1.54) is 0 Å². The number of nitrogens with one attached hydrogen (secondary N) is 1. The van der Waals surface area contributed by atoms with Gasteiger partial charge in [-0.2, -0.15) is 0 Å². The van der Waals surface area contributed by atoms with Crippen LogP contribution in [0.4, 0.5) is 0 Å². The van der Waals surface area contributed by atoms with Crippen molar-refractivity contribution < 1.29 is 4.79 Å². The van der Waals surface area contributed by atoms with Crippen molar-refractivity contribution in [1.29, 1.82) is 0 Å². The first-order valence-electron chi connectivity index (χ1n) is 6.72. The number of aryl methyl sites for hydroxylation is 1. The lowest BCUT2D eigenvalue weighted by atomic mass is 9.92. The maximum atomic E-state index is 12.3. The lowest BCUT2D eigenvalue weighted by Gasteiger charge is -2.24. The van der Waals surface area contributed by atoms with Gasteiger partial charge in [0.2, 0.25) is 5.91 Å². The molecule has 2 aromatic rings. The largest absolute Gasteiger partial charge is 0.352 e. The first kappa shape index (κ1) is 15.7. The lowest BCUT2D eigenvalue weighted by molar-refractivity contribution is -0.126. The molecule has 6 heteroatoms. The molecule has 0 saturated carbocycles. The molecule has 0 aliphatic rings. The number of aromatic nitrogens is 2. The van der Waals surface area contributed by atoms with E-state index in [0.29, 0.717) is 13.1 Å². The second-order valence-corrected chi connectivity index (χ2v) is 6.05. The van der Waals surface area contributed by atoms with Crippen LogP contribution in [0.5, 0.6) is 0 Å². The SMILES string of the molecule is Cc1nccn1CCNC(=O)C(C)(N)c1ccc(Br)cc1. The van der Waals surface area contributed by atoms with E-state index in [4.69, 9.17) is 5.73 Å². The monoisotopic (exact) mass is 350 g/mol. The summed E-state index contributed by atoms with van der Waals surface area (Å²) in [7, 11) is 0. The van der Waals surface area contributed by atoms with Gasteiger partial charge in [-0.15, -0.1) is 0 Å². The Bertz CT molecular complexity index is 619. The second kappa shape index (κ2) is 6.41. The average molecular weight is 351 g/mol. The summed E-state index contributed by atoms with van der Waals surface area (Å²) < 4.78 is 2.94. The zero-order valence-electron chi connectivity index (χ0n) is 12.1. The summed E-state index contributed by atoms with van der Waals surface area (Å²) in [4.78, 5) is 16.4. The third-order valence-electron chi connectivity index (χ3n) is 3.48. The number of hydrogen-bond acceptors (Lipinski definition) is 3. The van der Waals surface area contributed by atoms with Crippen molar-refractivity contribution in [3.8, 4) is 0 Å². The molecular weight excluding hydrogens is 332 g/mol. The Labute approximate surface area is 132 Å². The van der Waals surface area contributed by atoms with Crippen molar-refractivity contribution in [2.75, 3.05) is 6.54 Å². The Balaban J connectivity index is 1.95. The number of amides is 1. The summed E-state index contributed by atoms with van der Waals surface area (Å²) in [6.07, 6.45) is 3.63. The van der Waals surface area contributed by atoms with E-state index in [1.54, 1.807) is 13.1 Å². The van der Waals surface area contributed by atoms with E-state index in [0.717, 1.165) is 15.9 Å². The molecular formula is C15H19BrN4O. The van der Waals surface area contributed by atoms with Crippen LogP contribution in [0, 0.1) is 6.92 Å². The minimum Gasteiger partial charge on any atom is -0.352 e. The Morgan fingerprint density at radius 1 is 1.43 bits per heavy atom. The quantitative estimate of drug-likeness (QED) is 0.865. The van der Waals surface area contributed by atoms with Crippen LogP contribution in [0.2, 0.25) is 0 Å². The molecule has 0 fully saturated rings. The van der Waals surface area contributed by atoms with Crippen molar-refractivity contribution in [2.24, 2.45) is 5.73 Å². The van der Waals surface area contributed by atoms with E-state index in [1.807, 2.05) is 42.0 Å². The van der Waals surface area contributed by atoms with Gasteiger partial charge in [0.25, 0.3) is 0 Å². The summed E-state index contributed by atoms with van der Waals surface area (Å²) in [6, 6.07) is 7.46. The molecule has 5 nitrogen and oxygen atoms in total. The Morgan fingerprint density at radius 3 is 2.67 bits per heavy atom. The summed E-state index contributed by atoms with van der Waals surface area (Å²) in [5.41, 5.74) is 5.90. The molecule has 1 atom stereocenters. The van der Waals surface area contributed by atoms with Crippen LogP contribution in [-0.4, -0.2) is 22.0 Å². The van der Waals surface area contributed by atoms with Crippen LogP contribution in [0.15, 0.2) is 41.1 Å². The van der Waals surface area contributed by atoms with Crippen LogP contribution in [0.3, 0.4) is 0 Å². The molecule has 1 heterocycles. The molecule has 1 aromatic heterocycles. The molecule has 1 aromatic carbocycles. The van der Waals surface area contributed by atoms with Crippen molar-refractivity contribution in [2.45, 2.75) is 25.9 Å². The fourth-order valence-corrected chi connectivity index (χ4v) is 2.31. The zero-order valence-corrected chi connectivity index (χ0v) is 13.7. The number of nitrogens with zero attached hydrogens (tertiary/aromatic N) is 2. The number of carbonyl (C=O) groups is 1. The molecule has 1 unspecified atom stereocenters. The molecule has 0 radical (unpaired) electrons. The predicted octanol–water partition coefficient (Wildman–Crippen LogP) is 1.94. The van der Waals surface area contributed by atoms with Crippen molar-refractivity contribution in [3.05, 3.63) is 52.5 Å². The molecule has 0 bridgehead atoms. The number of nitrogens with two attached hydrogens (primary N) is 1. The van der Waals surface area contributed by atoms with Crippen LogP contribution in [0.25, 0.3) is 0 Å². The predicted molar refractivity (Wildman–Crippen MR) is 85.7 cm³/mol. The van der Waals surface area contributed by atoms with Gasteiger partial charge in [-0.05, 0) is 31.5 Å². The molecule has 0 aliphatic carbocycles. The molecule has 1 amide bonds. The van der Waals surface area contributed by atoms with E-state index in [9.17, 15) is 4.79 Å². The maximum absolute atomic E-state index is 12.3. The van der Waals surface area contributed by atoms with Gasteiger partial charge in [-0.25, -0.2) is 4.98 Å². The second-order valence-electron chi connectivity index (χ2n) is 5.13. The van der Waals surface area contributed by atoms with Crippen LogP contribution in [-0.2, 0) is 16.9 Å². The third-order valence-corrected chi connectivity index (χ3v) is 4.01. The number of rotatable bonds is 5. The van der Waals surface area contributed by atoms with Crippen molar-refractivity contribution >= 4 is 21.8 Å². The number of hydrogen-bond donors (Lipinski definition) is 2. The van der Waals surface area contributed by atoms with Crippen molar-refractivity contribution in [3.63, 3.8) is 0 Å². The van der Waals surface area contributed by atoms with Crippen LogP contribution in [0.1, 0.15) is 18.3 Å². The van der Waals surface area contributed by atoms with E-state index < -0.39 is 5.54 Å². The molecule has 2 rings (SSSR count). The minimum atomic E-state index is -1.05. The summed E-state index contributed by atoms with van der Waals surface area (Å²) in [5, 5.41) is 2.88. The van der Waals surface area contributed by atoms with Gasteiger partial charge < -0.3 is 15.6 Å². The van der Waals surface area contributed by atoms with Gasteiger partial charge in [-0.1, -0.05) is 28.1 Å². The molecule has 0 saturated heterocycles. The fourth-order valence-electron chi connectivity index (χ4n) is 2.04. The topological polar surface area (TPSA) is 72.9 Å². The number of benzene rings is 1. The van der Waals surface area contributed by atoms with Gasteiger partial charge in [0.15, 0.2) is 0 Å². The Kier molecular flexibility index (Phi) is 4.80. The van der Waals surface area contributed by atoms with Gasteiger partial charge in [0.05, 0.1) is 0 Å². The molecule has 3 N–H and O–H groups in total. The number of carbonyl (C=O) groups excluding carboxylic acids is 1. The molecule has 0 aliphatic heterocycles. The highest BCUT2D eigenvalue weighted by Gasteiger charge is 2.30. The first-order chi connectivity index (χ1) is 9.91. The van der Waals surface area contributed by atoms with Crippen LogP contribution >= 0.6 is 15.9 Å². The minimum absolute atomic E-state index is 0.192. The Morgan fingerprint density at radius 2 is 2.10 bits per heavy atom. The molecule has 112 valence electrons. The van der Waals surface area contributed by atoms with Crippen LogP contribution < -0.4 is 11.1 Å². The van der Waals surface area contributed by atoms with Gasteiger partial charge in [-0.3, -0.25) is 4.79 Å². The van der Waals surface area contributed by atoms with E-state index in [2.05, 4.69) is 26.2 Å². The third kappa shape index (κ3) is 3.71. The first-order valence-corrected chi connectivity index (χ1v) is 7.51. The smallest absolute Gasteiger partial charge is 0.244 e. The highest BCUT2D eigenvalue weighted by molar-refractivity contribution is 9.10. The standard InChI is InChI=1S/C15H19BrN4O/c1-11-18-7-9-20(11)10-8-19-14(21)15(2,17)12-3-5-13(16)6-4-12/h3-7,9H,8,10,17H2,1-2H3,(H,19,21). The van der Waals surface area contributed by atoms with Gasteiger partial charge in [0.1, 0.15) is 11.4 Å². The molecule has 0 spiro atoms. The van der Waals surface area contributed by atoms with Gasteiger partial charge >= 0.3 is 0 Å². The highest BCUT2D eigenvalue weighted by Crippen LogP contribution is 2.20. The maximum Gasteiger partial charge on any atom is 0.244 e. The Hall–Kier alpha value is -1.66. The normalized spacial score (nSPS) is 13.7. The van der Waals surface area contributed by atoms with E-state index in [-0.39, 0.29) is 5.91 Å². The average Bonchev–Trinajstić information content (AvgIpc) is 2.85. The van der Waals surface area contributed by atoms with E-state index >= 15 is 0 Å². The fraction of sp³-hybridized carbons (Fsp3) is 0.333. The van der Waals surface area contributed by atoms with Gasteiger partial charge in [0, 0.05) is 30.0 Å². The summed E-state index contributed by atoms with van der Waals surface area (Å²) >= 11 is 3.37. The number of imidazole rings is 1. The highest BCUT2D eigenvalue weighted by atomic mass is 79.9. The number of halogens is 1. The lowest BCUT2D eigenvalue weighted by Crippen LogP contribution is -2.49. The zero-order chi connectivity index (χ0) is 15.5. The summed E-state index contributed by atoms with van der Waals surface area (Å²) in [6.45, 7) is 4.83.